The van der Waals surface area contributed by atoms with Crippen LogP contribution >= 0.6 is 11.3 Å². The molecule has 1 amide bonds. The van der Waals surface area contributed by atoms with Crippen molar-refractivity contribution < 1.29 is 4.79 Å². The Balaban J connectivity index is 1.96. The van der Waals surface area contributed by atoms with Crippen molar-refractivity contribution >= 4 is 39.5 Å². The maximum atomic E-state index is 13.2. The number of thiophene rings is 1. The minimum atomic E-state index is -0.0444. The highest BCUT2D eigenvalue weighted by molar-refractivity contribution is 7.12. The fourth-order valence-electron chi connectivity index (χ4n) is 2.86. The largest absolute Gasteiger partial charge is 0.274 e. The van der Waals surface area contributed by atoms with Crippen LogP contribution in [0.15, 0.2) is 78.2 Å². The van der Waals surface area contributed by atoms with E-state index in [1.165, 1.54) is 11.3 Å². The van der Waals surface area contributed by atoms with Gasteiger partial charge < -0.3 is 0 Å². The summed E-state index contributed by atoms with van der Waals surface area (Å²) in [5.74, 6) is -0.0444. The minimum Gasteiger partial charge on any atom is -0.274 e. The lowest BCUT2D eigenvalue weighted by Gasteiger charge is -2.23. The Morgan fingerprint density at radius 2 is 1.76 bits per heavy atom. The Morgan fingerprint density at radius 1 is 0.920 bits per heavy atom. The number of fused-ring (bicyclic) bond motifs is 1. The van der Waals surface area contributed by atoms with Gasteiger partial charge in [-0.3, -0.25) is 14.7 Å². The first-order valence-corrected chi connectivity index (χ1v) is 8.91. The Kier molecular flexibility index (Phi) is 4.04. The molecule has 0 fully saturated rings. The van der Waals surface area contributed by atoms with E-state index in [4.69, 9.17) is 4.98 Å². The van der Waals surface area contributed by atoms with Crippen LogP contribution in [0.25, 0.3) is 10.9 Å². The summed E-state index contributed by atoms with van der Waals surface area (Å²) in [5, 5.41) is 2.94. The molecule has 122 valence electrons. The van der Waals surface area contributed by atoms with Crippen LogP contribution in [0.4, 0.5) is 11.4 Å². The number of carbonyl (C=O) groups excluding carboxylic acids is 1. The molecule has 0 aliphatic carbocycles. The first kappa shape index (κ1) is 15.5. The minimum absolute atomic E-state index is 0.0444. The van der Waals surface area contributed by atoms with Crippen molar-refractivity contribution in [1.29, 1.82) is 0 Å². The SMILES string of the molecule is Cc1ccc2cccc(N(C(=O)c3cccs3)c3ccccc3)c2n1. The van der Waals surface area contributed by atoms with Crippen LogP contribution in [-0.4, -0.2) is 10.9 Å². The van der Waals surface area contributed by atoms with Gasteiger partial charge in [-0.25, -0.2) is 0 Å². The maximum Gasteiger partial charge on any atom is 0.272 e. The molecular weight excluding hydrogens is 328 g/mol. The third-order valence-corrected chi connectivity index (χ3v) is 4.89. The number of para-hydroxylation sites is 2. The van der Waals surface area contributed by atoms with Gasteiger partial charge in [0.2, 0.25) is 0 Å². The van der Waals surface area contributed by atoms with Gasteiger partial charge in [0, 0.05) is 16.8 Å². The van der Waals surface area contributed by atoms with Crippen LogP contribution in [0.2, 0.25) is 0 Å². The fourth-order valence-corrected chi connectivity index (χ4v) is 3.52. The Labute approximate surface area is 150 Å². The van der Waals surface area contributed by atoms with Gasteiger partial charge in [0.25, 0.3) is 5.91 Å². The summed E-state index contributed by atoms with van der Waals surface area (Å²) >= 11 is 1.45. The lowest BCUT2D eigenvalue weighted by Crippen LogP contribution is -2.25. The number of hydrogen-bond donors (Lipinski definition) is 0. The van der Waals surface area contributed by atoms with E-state index in [-0.39, 0.29) is 5.91 Å². The molecule has 0 aliphatic rings. The number of amides is 1. The molecule has 0 bridgehead atoms. The number of rotatable bonds is 3. The van der Waals surface area contributed by atoms with Crippen molar-refractivity contribution in [3.05, 3.63) is 88.7 Å². The van der Waals surface area contributed by atoms with Gasteiger partial charge in [0.15, 0.2) is 0 Å². The highest BCUT2D eigenvalue weighted by atomic mass is 32.1. The topological polar surface area (TPSA) is 33.2 Å². The van der Waals surface area contributed by atoms with Gasteiger partial charge in [-0.2, -0.15) is 0 Å². The number of aromatic nitrogens is 1. The van der Waals surface area contributed by atoms with Crippen molar-refractivity contribution in [2.45, 2.75) is 6.92 Å². The third-order valence-electron chi connectivity index (χ3n) is 4.03. The van der Waals surface area contributed by atoms with Gasteiger partial charge >= 0.3 is 0 Å². The van der Waals surface area contributed by atoms with E-state index < -0.39 is 0 Å². The number of carbonyl (C=O) groups is 1. The zero-order valence-corrected chi connectivity index (χ0v) is 14.5. The van der Waals surface area contributed by atoms with Crippen molar-refractivity contribution in [2.24, 2.45) is 0 Å². The Morgan fingerprint density at radius 3 is 2.52 bits per heavy atom. The van der Waals surface area contributed by atoms with E-state index in [1.807, 2.05) is 85.1 Å². The molecule has 0 radical (unpaired) electrons. The molecule has 4 aromatic rings. The standard InChI is InChI=1S/C21H16N2OS/c1-15-12-13-16-7-5-10-18(20(16)22-15)23(17-8-3-2-4-9-17)21(24)19-11-6-14-25-19/h2-14H,1H3. The highest BCUT2D eigenvalue weighted by Gasteiger charge is 2.22. The van der Waals surface area contributed by atoms with E-state index in [0.717, 1.165) is 28.0 Å². The number of pyridine rings is 1. The molecule has 0 N–H and O–H groups in total. The second kappa shape index (κ2) is 6.49. The fraction of sp³-hybridized carbons (Fsp3) is 0.0476. The molecule has 4 rings (SSSR count). The zero-order chi connectivity index (χ0) is 17.2. The van der Waals surface area contributed by atoms with E-state index in [1.54, 1.807) is 4.90 Å². The average Bonchev–Trinajstić information content (AvgIpc) is 3.18. The highest BCUT2D eigenvalue weighted by Crippen LogP contribution is 2.33. The first-order valence-electron chi connectivity index (χ1n) is 8.03. The normalized spacial score (nSPS) is 10.8. The van der Waals surface area contributed by atoms with Crippen LogP contribution in [0.3, 0.4) is 0 Å². The van der Waals surface area contributed by atoms with Crippen LogP contribution in [-0.2, 0) is 0 Å². The molecular formula is C21H16N2OS. The molecule has 2 aromatic carbocycles. The molecule has 25 heavy (non-hydrogen) atoms. The first-order chi connectivity index (χ1) is 12.2. The molecule has 0 spiro atoms. The van der Waals surface area contributed by atoms with Crippen LogP contribution in [0.1, 0.15) is 15.4 Å². The molecule has 2 heterocycles. The summed E-state index contributed by atoms with van der Waals surface area (Å²) in [6.45, 7) is 1.96. The van der Waals surface area contributed by atoms with Gasteiger partial charge in [-0.15, -0.1) is 11.3 Å². The smallest absolute Gasteiger partial charge is 0.272 e. The Hall–Kier alpha value is -2.98. The van der Waals surface area contributed by atoms with Gasteiger partial charge in [0.1, 0.15) is 0 Å². The van der Waals surface area contributed by atoms with E-state index >= 15 is 0 Å². The second-order valence-electron chi connectivity index (χ2n) is 5.75. The number of benzene rings is 2. The third kappa shape index (κ3) is 2.92. The summed E-state index contributed by atoms with van der Waals surface area (Å²) in [4.78, 5) is 20.4. The molecule has 0 unspecified atom stereocenters. The zero-order valence-electron chi connectivity index (χ0n) is 13.7. The van der Waals surface area contributed by atoms with Crippen LogP contribution in [0.5, 0.6) is 0 Å². The monoisotopic (exact) mass is 344 g/mol. The lowest BCUT2D eigenvalue weighted by molar-refractivity contribution is 0.100. The van der Waals surface area contributed by atoms with Crippen molar-refractivity contribution in [3.63, 3.8) is 0 Å². The van der Waals surface area contributed by atoms with E-state index in [0.29, 0.717) is 4.88 Å². The van der Waals surface area contributed by atoms with Gasteiger partial charge in [-0.1, -0.05) is 42.5 Å². The quantitative estimate of drug-likeness (QED) is 0.486. The van der Waals surface area contributed by atoms with E-state index in [9.17, 15) is 4.79 Å². The number of aryl methyl sites for hydroxylation is 1. The molecule has 4 heteroatoms. The van der Waals surface area contributed by atoms with Crippen LogP contribution < -0.4 is 4.90 Å². The predicted octanol–water partition coefficient (Wildman–Crippen LogP) is 5.58. The molecule has 3 nitrogen and oxygen atoms in total. The Bertz CT molecular complexity index is 1030. The lowest BCUT2D eigenvalue weighted by atomic mass is 10.1. The molecule has 0 aliphatic heterocycles. The summed E-state index contributed by atoms with van der Waals surface area (Å²) in [5.41, 5.74) is 3.38. The van der Waals surface area contributed by atoms with Crippen LogP contribution in [0, 0.1) is 6.92 Å². The summed E-state index contributed by atoms with van der Waals surface area (Å²) < 4.78 is 0. The molecule has 0 saturated carbocycles. The maximum absolute atomic E-state index is 13.2. The predicted molar refractivity (Wildman–Crippen MR) is 104 cm³/mol. The number of hydrogen-bond acceptors (Lipinski definition) is 3. The van der Waals surface area contributed by atoms with Crippen molar-refractivity contribution in [2.75, 3.05) is 4.90 Å². The second-order valence-corrected chi connectivity index (χ2v) is 6.70. The average molecular weight is 344 g/mol. The molecule has 0 atom stereocenters. The van der Waals surface area contributed by atoms with Gasteiger partial charge in [-0.05, 0) is 42.6 Å². The van der Waals surface area contributed by atoms with Gasteiger partial charge in [0.05, 0.1) is 16.1 Å². The number of nitrogens with zero attached hydrogens (tertiary/aromatic N) is 2. The summed E-state index contributed by atoms with van der Waals surface area (Å²) in [6, 6.07) is 23.4. The molecule has 0 saturated heterocycles. The van der Waals surface area contributed by atoms with E-state index in [2.05, 4.69) is 0 Å². The van der Waals surface area contributed by atoms with Crippen molar-refractivity contribution in [1.82, 2.24) is 4.98 Å². The summed E-state index contributed by atoms with van der Waals surface area (Å²) in [7, 11) is 0. The van der Waals surface area contributed by atoms with Crippen molar-refractivity contribution in [3.8, 4) is 0 Å². The molecule has 2 aromatic heterocycles. The summed E-state index contributed by atoms with van der Waals surface area (Å²) in [6.07, 6.45) is 0. The number of anilines is 2.